The fourth-order valence-electron chi connectivity index (χ4n) is 3.26. The molecule has 2 heteroatoms. The van der Waals surface area contributed by atoms with Crippen molar-refractivity contribution in [3.05, 3.63) is 88.4 Å². The third-order valence-corrected chi connectivity index (χ3v) is 5.60. The van der Waals surface area contributed by atoms with Gasteiger partial charge in [0.05, 0.1) is 0 Å². The van der Waals surface area contributed by atoms with Crippen molar-refractivity contribution in [3.63, 3.8) is 0 Å². The summed E-state index contributed by atoms with van der Waals surface area (Å²) >= 11 is 3.55. The maximum absolute atomic E-state index is 3.55. The molecule has 3 aromatic rings. The van der Waals surface area contributed by atoms with E-state index in [1.165, 1.54) is 22.5 Å². The molecule has 0 heterocycles. The third kappa shape index (κ3) is 4.67. The Morgan fingerprint density at radius 2 is 0.786 bits per heavy atom. The van der Waals surface area contributed by atoms with Gasteiger partial charge in [0, 0.05) is 21.5 Å². The van der Waals surface area contributed by atoms with Crippen LogP contribution in [0.25, 0.3) is 0 Å². The first kappa shape index (κ1) is 20.7. The molecule has 1 nitrogen and oxygen atoms in total. The Morgan fingerprint density at radius 1 is 0.500 bits per heavy atom. The van der Waals surface area contributed by atoms with Crippen molar-refractivity contribution in [2.24, 2.45) is 0 Å². The van der Waals surface area contributed by atoms with Crippen LogP contribution in [0.1, 0.15) is 52.7 Å². The molecule has 0 unspecified atom stereocenters. The number of anilines is 3. The summed E-state index contributed by atoms with van der Waals surface area (Å²) < 4.78 is 1.09. The minimum absolute atomic E-state index is 0.148. The van der Waals surface area contributed by atoms with Crippen molar-refractivity contribution >= 4 is 33.0 Å². The lowest BCUT2D eigenvalue weighted by atomic mass is 9.86. The Balaban J connectivity index is 2.06. The monoisotopic (exact) mass is 435 g/mol. The van der Waals surface area contributed by atoms with Crippen LogP contribution < -0.4 is 4.90 Å². The van der Waals surface area contributed by atoms with E-state index >= 15 is 0 Å². The summed E-state index contributed by atoms with van der Waals surface area (Å²) in [5, 5.41) is 0. The summed E-state index contributed by atoms with van der Waals surface area (Å²) in [6.45, 7) is 13.5. The van der Waals surface area contributed by atoms with E-state index in [-0.39, 0.29) is 10.8 Å². The molecule has 0 aliphatic rings. The smallest absolute Gasteiger partial charge is 0.0462 e. The number of hydrogen-bond donors (Lipinski definition) is 0. The summed E-state index contributed by atoms with van der Waals surface area (Å²) in [5.41, 5.74) is 6.46. The van der Waals surface area contributed by atoms with Gasteiger partial charge in [-0.25, -0.2) is 0 Å². The molecule has 0 radical (unpaired) electrons. The molecule has 0 saturated heterocycles. The Hall–Kier alpha value is -2.06. The molecule has 0 aliphatic heterocycles. The van der Waals surface area contributed by atoms with Gasteiger partial charge in [0.1, 0.15) is 0 Å². The fraction of sp³-hybridized carbons (Fsp3) is 0.308. The first-order valence-corrected chi connectivity index (χ1v) is 10.6. The second-order valence-electron chi connectivity index (χ2n) is 9.41. The summed E-state index contributed by atoms with van der Waals surface area (Å²) in [6.07, 6.45) is 0. The molecule has 146 valence electrons. The molecule has 3 rings (SSSR count). The number of hydrogen-bond acceptors (Lipinski definition) is 1. The predicted octanol–water partition coefficient (Wildman–Crippen LogP) is 8.51. The van der Waals surface area contributed by atoms with Crippen LogP contribution in [-0.4, -0.2) is 0 Å². The number of halogens is 1. The molecule has 0 aromatic heterocycles. The van der Waals surface area contributed by atoms with Crippen LogP contribution in [0.2, 0.25) is 0 Å². The van der Waals surface area contributed by atoms with Gasteiger partial charge in [-0.2, -0.15) is 0 Å². The molecule has 0 aliphatic carbocycles. The highest BCUT2D eigenvalue weighted by Crippen LogP contribution is 2.37. The van der Waals surface area contributed by atoms with Crippen molar-refractivity contribution in [3.8, 4) is 0 Å². The minimum atomic E-state index is 0.148. The fourth-order valence-corrected chi connectivity index (χ4v) is 3.52. The van der Waals surface area contributed by atoms with Gasteiger partial charge in [0.2, 0.25) is 0 Å². The second kappa shape index (κ2) is 7.75. The molecule has 0 atom stereocenters. The molecular formula is C26H30BrN. The van der Waals surface area contributed by atoms with Gasteiger partial charge in [0.15, 0.2) is 0 Å². The van der Waals surface area contributed by atoms with Gasteiger partial charge >= 0.3 is 0 Å². The molecule has 0 bridgehead atoms. The molecule has 3 aromatic carbocycles. The average molecular weight is 436 g/mol. The molecule has 0 spiro atoms. The van der Waals surface area contributed by atoms with Crippen LogP contribution in [0.4, 0.5) is 17.1 Å². The molecule has 0 N–H and O–H groups in total. The molecule has 28 heavy (non-hydrogen) atoms. The van der Waals surface area contributed by atoms with E-state index in [1.54, 1.807) is 0 Å². The van der Waals surface area contributed by atoms with Crippen LogP contribution in [-0.2, 0) is 10.8 Å². The highest BCUT2D eigenvalue weighted by Gasteiger charge is 2.18. The van der Waals surface area contributed by atoms with Crippen molar-refractivity contribution in [1.29, 1.82) is 0 Å². The van der Waals surface area contributed by atoms with Gasteiger partial charge in [-0.1, -0.05) is 81.7 Å². The highest BCUT2D eigenvalue weighted by molar-refractivity contribution is 9.10. The maximum atomic E-state index is 3.55. The van der Waals surface area contributed by atoms with E-state index in [4.69, 9.17) is 0 Å². The summed E-state index contributed by atoms with van der Waals surface area (Å²) in [6, 6.07) is 26.3. The zero-order chi connectivity index (χ0) is 20.5. The van der Waals surface area contributed by atoms with Crippen LogP contribution in [0.15, 0.2) is 77.3 Å². The zero-order valence-electron chi connectivity index (χ0n) is 17.8. The largest absolute Gasteiger partial charge is 0.311 e. The van der Waals surface area contributed by atoms with Crippen LogP contribution in [0.5, 0.6) is 0 Å². The highest BCUT2D eigenvalue weighted by atomic mass is 79.9. The van der Waals surface area contributed by atoms with E-state index in [0.29, 0.717) is 0 Å². The number of nitrogens with zero attached hydrogens (tertiary/aromatic N) is 1. The molecule has 0 saturated carbocycles. The minimum Gasteiger partial charge on any atom is -0.311 e. The third-order valence-electron chi connectivity index (χ3n) is 5.07. The Morgan fingerprint density at radius 3 is 1.07 bits per heavy atom. The van der Waals surface area contributed by atoms with E-state index < -0.39 is 0 Å². The van der Waals surface area contributed by atoms with Crippen LogP contribution in [0.3, 0.4) is 0 Å². The lowest BCUT2D eigenvalue weighted by molar-refractivity contribution is 0.590. The summed E-state index contributed by atoms with van der Waals surface area (Å²) in [7, 11) is 0. The molecule has 0 amide bonds. The van der Waals surface area contributed by atoms with E-state index in [0.717, 1.165) is 10.2 Å². The maximum Gasteiger partial charge on any atom is 0.0462 e. The van der Waals surface area contributed by atoms with Gasteiger partial charge < -0.3 is 4.90 Å². The van der Waals surface area contributed by atoms with Crippen molar-refractivity contribution in [1.82, 2.24) is 0 Å². The van der Waals surface area contributed by atoms with Gasteiger partial charge in [0.25, 0.3) is 0 Å². The molecular weight excluding hydrogens is 406 g/mol. The average Bonchev–Trinajstić information content (AvgIpc) is 2.63. The topological polar surface area (TPSA) is 3.24 Å². The van der Waals surface area contributed by atoms with Crippen molar-refractivity contribution in [2.45, 2.75) is 52.4 Å². The lowest BCUT2D eigenvalue weighted by Crippen LogP contribution is -2.14. The van der Waals surface area contributed by atoms with Crippen LogP contribution >= 0.6 is 15.9 Å². The number of benzene rings is 3. The quantitative estimate of drug-likeness (QED) is 0.398. The van der Waals surface area contributed by atoms with Crippen molar-refractivity contribution in [2.75, 3.05) is 4.90 Å². The Labute approximate surface area is 178 Å². The SMILES string of the molecule is CC(C)(C)c1ccc(N(c2ccc(Br)cc2)c2ccc(C(C)(C)C)cc2)cc1. The van der Waals surface area contributed by atoms with Gasteiger partial charge in [-0.05, 0) is 70.5 Å². The van der Waals surface area contributed by atoms with Gasteiger partial charge in [-0.3, -0.25) is 0 Å². The Bertz CT molecular complexity index is 851. The predicted molar refractivity (Wildman–Crippen MR) is 126 cm³/mol. The van der Waals surface area contributed by atoms with Crippen molar-refractivity contribution < 1.29 is 0 Å². The number of rotatable bonds is 3. The van der Waals surface area contributed by atoms with E-state index in [1.807, 2.05) is 0 Å². The normalized spacial score (nSPS) is 12.1. The Kier molecular flexibility index (Phi) is 5.72. The van der Waals surface area contributed by atoms with E-state index in [9.17, 15) is 0 Å². The molecule has 0 fully saturated rings. The summed E-state index contributed by atoms with van der Waals surface area (Å²) in [4.78, 5) is 2.31. The lowest BCUT2D eigenvalue weighted by Gasteiger charge is -2.28. The second-order valence-corrected chi connectivity index (χ2v) is 10.3. The summed E-state index contributed by atoms with van der Waals surface area (Å²) in [5.74, 6) is 0. The first-order chi connectivity index (χ1) is 13.1. The first-order valence-electron chi connectivity index (χ1n) is 9.82. The van der Waals surface area contributed by atoms with Gasteiger partial charge in [-0.15, -0.1) is 0 Å². The standard InChI is InChI=1S/C26H30BrN/c1-25(2,3)19-7-13-22(14-8-19)28(24-17-11-21(27)12-18-24)23-15-9-20(10-16-23)26(4,5)6/h7-18H,1-6H3. The zero-order valence-corrected chi connectivity index (χ0v) is 19.3. The van der Waals surface area contributed by atoms with Crippen LogP contribution in [0, 0.1) is 0 Å². The van der Waals surface area contributed by atoms with E-state index in [2.05, 4.69) is 135 Å².